The lowest BCUT2D eigenvalue weighted by molar-refractivity contribution is -0.111. The summed E-state index contributed by atoms with van der Waals surface area (Å²) >= 11 is 0. The minimum atomic E-state index is -0.495. The summed E-state index contributed by atoms with van der Waals surface area (Å²) in [7, 11) is 0. The van der Waals surface area contributed by atoms with Gasteiger partial charge >= 0.3 is 6.09 Å². The van der Waals surface area contributed by atoms with E-state index in [1.807, 2.05) is 48.5 Å². The summed E-state index contributed by atoms with van der Waals surface area (Å²) in [5.74, 6) is 0. The molecule has 0 aromatic heterocycles. The van der Waals surface area contributed by atoms with Crippen molar-refractivity contribution >= 4 is 12.4 Å². The molecule has 0 saturated carbocycles. The van der Waals surface area contributed by atoms with Crippen LogP contribution in [0.15, 0.2) is 0 Å². The average Bonchev–Trinajstić information content (AvgIpc) is 2.35. The molecule has 6 nitrogen and oxygen atoms in total. The van der Waals surface area contributed by atoms with Crippen LogP contribution in [0.2, 0.25) is 0 Å². The van der Waals surface area contributed by atoms with E-state index in [1.165, 1.54) is 0 Å². The van der Waals surface area contributed by atoms with Gasteiger partial charge in [0.1, 0.15) is 11.9 Å². The van der Waals surface area contributed by atoms with Gasteiger partial charge in [0.25, 0.3) is 0 Å². The zero-order chi connectivity index (χ0) is 18.9. The third kappa shape index (κ3) is 13.3. The van der Waals surface area contributed by atoms with Gasteiger partial charge in [-0.25, -0.2) is 4.79 Å². The zero-order valence-electron chi connectivity index (χ0n) is 16.4. The molecule has 0 saturated heterocycles. The molecule has 24 heavy (non-hydrogen) atoms. The highest BCUT2D eigenvalue weighted by molar-refractivity contribution is 5.67. The van der Waals surface area contributed by atoms with Crippen molar-refractivity contribution in [3.63, 3.8) is 0 Å². The van der Waals surface area contributed by atoms with Crippen LogP contribution in [-0.2, 0) is 19.0 Å². The normalized spacial score (nSPS) is 12.8. The summed E-state index contributed by atoms with van der Waals surface area (Å²) in [5, 5.41) is 2.74. The van der Waals surface area contributed by atoms with E-state index in [9.17, 15) is 9.59 Å². The van der Waals surface area contributed by atoms with Crippen LogP contribution in [0.25, 0.3) is 0 Å². The Morgan fingerprint density at radius 2 is 1.46 bits per heavy atom. The molecule has 0 bridgehead atoms. The van der Waals surface area contributed by atoms with Crippen molar-refractivity contribution < 1.29 is 23.8 Å². The fourth-order valence-electron chi connectivity index (χ4n) is 1.88. The number of rotatable bonds is 11. The molecule has 0 atom stereocenters. The molecule has 1 amide bonds. The quantitative estimate of drug-likeness (QED) is 0.458. The van der Waals surface area contributed by atoms with Crippen LogP contribution >= 0.6 is 0 Å². The number of hydrogen-bond donors (Lipinski definition) is 1. The second-order valence-electron chi connectivity index (χ2n) is 8.10. The Kier molecular flexibility index (Phi) is 9.51. The Hall–Kier alpha value is -1.14. The van der Waals surface area contributed by atoms with E-state index in [1.54, 1.807) is 0 Å². The first-order valence-corrected chi connectivity index (χ1v) is 8.55. The SMILES string of the molecule is CC(C)(C)OC(=O)NCCC(C)(C)OCCC(C)(C)OCCC=O. The number of hydrogen-bond acceptors (Lipinski definition) is 5. The van der Waals surface area contributed by atoms with Crippen molar-refractivity contribution in [2.75, 3.05) is 19.8 Å². The average molecular weight is 345 g/mol. The second-order valence-corrected chi connectivity index (χ2v) is 8.10. The minimum Gasteiger partial charge on any atom is -0.444 e. The molecule has 0 aliphatic carbocycles. The van der Waals surface area contributed by atoms with Crippen molar-refractivity contribution in [3.8, 4) is 0 Å². The van der Waals surface area contributed by atoms with E-state index in [2.05, 4.69) is 5.32 Å². The smallest absolute Gasteiger partial charge is 0.407 e. The molecular formula is C18H35NO5. The highest BCUT2D eigenvalue weighted by Gasteiger charge is 2.23. The number of carbonyl (C=O) groups excluding carboxylic acids is 2. The van der Waals surface area contributed by atoms with Crippen LogP contribution in [0.5, 0.6) is 0 Å². The van der Waals surface area contributed by atoms with Gasteiger partial charge in [-0.1, -0.05) is 0 Å². The van der Waals surface area contributed by atoms with Gasteiger partial charge in [0.15, 0.2) is 0 Å². The Morgan fingerprint density at radius 1 is 0.917 bits per heavy atom. The highest BCUT2D eigenvalue weighted by Crippen LogP contribution is 2.19. The van der Waals surface area contributed by atoms with Crippen LogP contribution in [0.1, 0.15) is 67.7 Å². The molecule has 142 valence electrons. The Balaban J connectivity index is 4.00. The minimum absolute atomic E-state index is 0.326. The van der Waals surface area contributed by atoms with Crippen LogP contribution in [0.4, 0.5) is 4.79 Å². The standard InChI is InChI=1S/C18H35NO5/c1-16(2,3)24-15(21)19-11-9-17(4,5)23-14-10-18(6,7)22-13-8-12-20/h12H,8-11,13-14H2,1-7H3,(H,19,21). The van der Waals surface area contributed by atoms with Crippen molar-refractivity contribution in [1.29, 1.82) is 0 Å². The van der Waals surface area contributed by atoms with Gasteiger partial charge in [0, 0.05) is 13.0 Å². The molecule has 0 aromatic rings. The summed E-state index contributed by atoms with van der Waals surface area (Å²) in [5.41, 5.74) is -1.17. The van der Waals surface area contributed by atoms with Gasteiger partial charge in [-0.15, -0.1) is 0 Å². The second kappa shape index (κ2) is 9.99. The van der Waals surface area contributed by atoms with Gasteiger partial charge in [0.05, 0.1) is 24.4 Å². The first kappa shape index (κ1) is 22.9. The van der Waals surface area contributed by atoms with Crippen molar-refractivity contribution in [2.45, 2.75) is 84.5 Å². The largest absolute Gasteiger partial charge is 0.444 e. The van der Waals surface area contributed by atoms with Crippen LogP contribution in [0, 0.1) is 0 Å². The maximum atomic E-state index is 11.6. The molecule has 0 heterocycles. The topological polar surface area (TPSA) is 73.9 Å². The predicted molar refractivity (Wildman–Crippen MR) is 94.2 cm³/mol. The third-order valence-electron chi connectivity index (χ3n) is 3.32. The third-order valence-corrected chi connectivity index (χ3v) is 3.32. The monoisotopic (exact) mass is 345 g/mol. The predicted octanol–water partition coefficient (Wildman–Crippen LogP) is 3.47. The summed E-state index contributed by atoms with van der Waals surface area (Å²) in [4.78, 5) is 21.9. The van der Waals surface area contributed by atoms with E-state index in [0.717, 1.165) is 12.7 Å². The number of ether oxygens (including phenoxy) is 3. The van der Waals surface area contributed by atoms with Gasteiger partial charge in [-0.2, -0.15) is 0 Å². The summed E-state index contributed by atoms with van der Waals surface area (Å²) < 4.78 is 16.8. The number of aldehydes is 1. The Morgan fingerprint density at radius 3 is 2.00 bits per heavy atom. The van der Waals surface area contributed by atoms with E-state index in [4.69, 9.17) is 14.2 Å². The van der Waals surface area contributed by atoms with Crippen molar-refractivity contribution in [1.82, 2.24) is 5.32 Å². The number of alkyl carbamates (subject to hydrolysis) is 1. The van der Waals surface area contributed by atoms with Gasteiger partial charge in [-0.05, 0) is 61.3 Å². The van der Waals surface area contributed by atoms with Crippen molar-refractivity contribution in [3.05, 3.63) is 0 Å². The molecule has 0 radical (unpaired) electrons. The molecule has 0 fully saturated rings. The molecule has 0 aromatic carbocycles. The fourth-order valence-corrected chi connectivity index (χ4v) is 1.88. The molecule has 0 unspecified atom stereocenters. The van der Waals surface area contributed by atoms with Crippen molar-refractivity contribution in [2.24, 2.45) is 0 Å². The van der Waals surface area contributed by atoms with Crippen LogP contribution in [0.3, 0.4) is 0 Å². The lowest BCUT2D eigenvalue weighted by Crippen LogP contribution is -2.37. The van der Waals surface area contributed by atoms with Gasteiger partial charge in [-0.3, -0.25) is 0 Å². The molecule has 0 aliphatic rings. The Bertz CT molecular complexity index is 385. The zero-order valence-corrected chi connectivity index (χ0v) is 16.4. The summed E-state index contributed by atoms with van der Waals surface area (Å²) in [6.07, 6.45) is 2.26. The van der Waals surface area contributed by atoms with Gasteiger partial charge in [0.2, 0.25) is 0 Å². The van der Waals surface area contributed by atoms with E-state index < -0.39 is 11.7 Å². The summed E-state index contributed by atoms with van der Waals surface area (Å²) in [6.45, 7) is 14.9. The van der Waals surface area contributed by atoms with E-state index >= 15 is 0 Å². The maximum Gasteiger partial charge on any atom is 0.407 e. The Labute approximate surface area is 146 Å². The molecular weight excluding hydrogens is 310 g/mol. The molecule has 0 spiro atoms. The maximum absolute atomic E-state index is 11.6. The van der Waals surface area contributed by atoms with E-state index in [-0.39, 0.29) is 11.2 Å². The lowest BCUT2D eigenvalue weighted by atomic mass is 10.0. The fraction of sp³-hybridized carbons (Fsp3) is 0.889. The molecule has 1 N–H and O–H groups in total. The lowest BCUT2D eigenvalue weighted by Gasteiger charge is -2.30. The number of nitrogens with one attached hydrogen (secondary N) is 1. The summed E-state index contributed by atoms with van der Waals surface area (Å²) in [6, 6.07) is 0. The molecule has 0 rings (SSSR count). The number of carbonyl (C=O) groups is 2. The van der Waals surface area contributed by atoms with Crippen LogP contribution < -0.4 is 5.32 Å². The number of amides is 1. The van der Waals surface area contributed by atoms with Crippen LogP contribution in [-0.4, -0.2) is 48.9 Å². The molecule has 6 heteroatoms. The first-order chi connectivity index (χ1) is 10.9. The van der Waals surface area contributed by atoms with Gasteiger partial charge < -0.3 is 24.3 Å². The van der Waals surface area contributed by atoms with E-state index in [0.29, 0.717) is 32.6 Å². The molecule has 0 aliphatic heterocycles. The highest BCUT2D eigenvalue weighted by atomic mass is 16.6. The first-order valence-electron chi connectivity index (χ1n) is 8.55.